The van der Waals surface area contributed by atoms with Crippen molar-refractivity contribution in [3.05, 3.63) is 18.0 Å². The molecule has 1 aromatic rings. The highest BCUT2D eigenvalue weighted by Gasteiger charge is 2.15. The summed E-state index contributed by atoms with van der Waals surface area (Å²) in [6.45, 7) is 1.62. The fourth-order valence-electron chi connectivity index (χ4n) is 0.790. The number of aliphatic carboxylic acids is 1. The minimum absolute atomic E-state index is 0.517. The summed E-state index contributed by atoms with van der Waals surface area (Å²) in [6.07, 6.45) is 1.73. The molecule has 0 aromatic carbocycles. The molecule has 11 heavy (non-hydrogen) atoms. The monoisotopic (exact) mass is 154 g/mol. The van der Waals surface area contributed by atoms with Gasteiger partial charge in [-0.25, -0.2) is 0 Å². The molecule has 0 radical (unpaired) electrons. The van der Waals surface area contributed by atoms with E-state index in [9.17, 15) is 4.79 Å². The average Bonchev–Trinajstić information content (AvgIpc) is 2.34. The second-order valence-electron chi connectivity index (χ2n) is 2.47. The number of hydrogen-bond donors (Lipinski definition) is 1. The van der Waals surface area contributed by atoms with Gasteiger partial charge in [0.15, 0.2) is 0 Å². The minimum atomic E-state index is -0.844. The Kier molecular flexibility index (Phi) is 1.94. The summed E-state index contributed by atoms with van der Waals surface area (Å²) in [5, 5.41) is 12.6. The van der Waals surface area contributed by atoms with Crippen LogP contribution in [0.2, 0.25) is 0 Å². The first-order chi connectivity index (χ1) is 5.11. The standard InChI is InChI=1S/C7H10N2O2/c1-5(7(10)11)6-3-4-9(2)8-6/h3-5H,1-2H3,(H,10,11)/t5-/m1/s1. The summed E-state index contributed by atoms with van der Waals surface area (Å²) in [5.41, 5.74) is 0.597. The Hall–Kier alpha value is -1.32. The third-order valence-electron chi connectivity index (χ3n) is 1.55. The van der Waals surface area contributed by atoms with E-state index in [4.69, 9.17) is 5.11 Å². The lowest BCUT2D eigenvalue weighted by molar-refractivity contribution is -0.138. The predicted molar refractivity (Wildman–Crippen MR) is 39.3 cm³/mol. The molecule has 1 N–H and O–H groups in total. The molecule has 0 aliphatic heterocycles. The first-order valence-electron chi connectivity index (χ1n) is 3.33. The molecule has 0 spiro atoms. The van der Waals surface area contributed by atoms with Crippen LogP contribution in [0.25, 0.3) is 0 Å². The van der Waals surface area contributed by atoms with E-state index in [0.29, 0.717) is 5.69 Å². The van der Waals surface area contributed by atoms with Gasteiger partial charge >= 0.3 is 5.97 Å². The molecule has 0 aliphatic rings. The van der Waals surface area contributed by atoms with Crippen LogP contribution in [0.4, 0.5) is 0 Å². The van der Waals surface area contributed by atoms with Gasteiger partial charge in [0, 0.05) is 13.2 Å². The molecule has 1 atom stereocenters. The van der Waals surface area contributed by atoms with E-state index in [0.717, 1.165) is 0 Å². The average molecular weight is 154 g/mol. The van der Waals surface area contributed by atoms with Crippen LogP contribution in [0.1, 0.15) is 18.5 Å². The van der Waals surface area contributed by atoms with Crippen LogP contribution < -0.4 is 0 Å². The first kappa shape index (κ1) is 7.78. The predicted octanol–water partition coefficient (Wildman–Crippen LogP) is 0.608. The van der Waals surface area contributed by atoms with Crippen LogP contribution in [-0.4, -0.2) is 20.9 Å². The highest BCUT2D eigenvalue weighted by molar-refractivity contribution is 5.74. The maximum atomic E-state index is 10.5. The van der Waals surface area contributed by atoms with Gasteiger partial charge in [-0.3, -0.25) is 9.48 Å². The van der Waals surface area contributed by atoms with Gasteiger partial charge in [0.2, 0.25) is 0 Å². The number of nitrogens with zero attached hydrogens (tertiary/aromatic N) is 2. The van der Waals surface area contributed by atoms with Crippen molar-refractivity contribution in [3.63, 3.8) is 0 Å². The lowest BCUT2D eigenvalue weighted by Crippen LogP contribution is -2.08. The Balaban J connectivity index is 2.84. The quantitative estimate of drug-likeness (QED) is 0.679. The Morgan fingerprint density at radius 1 is 1.82 bits per heavy atom. The largest absolute Gasteiger partial charge is 0.481 e. The zero-order chi connectivity index (χ0) is 8.43. The van der Waals surface area contributed by atoms with Crippen molar-refractivity contribution in [3.8, 4) is 0 Å². The molecule has 0 bridgehead atoms. The van der Waals surface area contributed by atoms with Crippen molar-refractivity contribution in [2.24, 2.45) is 7.05 Å². The van der Waals surface area contributed by atoms with E-state index in [1.165, 1.54) is 0 Å². The van der Waals surface area contributed by atoms with Gasteiger partial charge in [-0.15, -0.1) is 0 Å². The molecule has 4 nitrogen and oxygen atoms in total. The molecule has 0 aliphatic carbocycles. The first-order valence-corrected chi connectivity index (χ1v) is 3.33. The van der Waals surface area contributed by atoms with Crippen LogP contribution in [0.15, 0.2) is 12.3 Å². The second kappa shape index (κ2) is 2.74. The van der Waals surface area contributed by atoms with Crippen molar-refractivity contribution in [1.29, 1.82) is 0 Å². The number of hydrogen-bond acceptors (Lipinski definition) is 2. The molecule has 60 valence electrons. The van der Waals surface area contributed by atoms with Gasteiger partial charge in [0.25, 0.3) is 0 Å². The fraction of sp³-hybridized carbons (Fsp3) is 0.429. The molecule has 0 fully saturated rings. The maximum absolute atomic E-state index is 10.5. The van der Waals surface area contributed by atoms with E-state index in [1.807, 2.05) is 0 Å². The van der Waals surface area contributed by atoms with Crippen molar-refractivity contribution in [2.45, 2.75) is 12.8 Å². The van der Waals surface area contributed by atoms with Crippen LogP contribution in [0, 0.1) is 0 Å². The van der Waals surface area contributed by atoms with Gasteiger partial charge in [0.1, 0.15) is 0 Å². The number of carbonyl (C=O) groups is 1. The lowest BCUT2D eigenvalue weighted by Gasteiger charge is -1.99. The van der Waals surface area contributed by atoms with Gasteiger partial charge in [0.05, 0.1) is 11.6 Å². The van der Waals surface area contributed by atoms with Crippen LogP contribution >= 0.6 is 0 Å². The molecular formula is C7H10N2O2. The SMILES string of the molecule is C[C@@H](C(=O)O)c1ccn(C)n1. The third kappa shape index (κ3) is 1.58. The van der Waals surface area contributed by atoms with Crippen LogP contribution in [-0.2, 0) is 11.8 Å². The van der Waals surface area contributed by atoms with E-state index in [2.05, 4.69) is 5.10 Å². The highest BCUT2D eigenvalue weighted by Crippen LogP contribution is 2.11. The Labute approximate surface area is 64.5 Å². The van der Waals surface area contributed by atoms with Gasteiger partial charge < -0.3 is 5.11 Å². The van der Waals surface area contributed by atoms with Crippen LogP contribution in [0.5, 0.6) is 0 Å². The summed E-state index contributed by atoms with van der Waals surface area (Å²) in [4.78, 5) is 10.5. The molecule has 4 heteroatoms. The van der Waals surface area contributed by atoms with E-state index >= 15 is 0 Å². The highest BCUT2D eigenvalue weighted by atomic mass is 16.4. The Morgan fingerprint density at radius 2 is 2.45 bits per heavy atom. The summed E-state index contributed by atoms with van der Waals surface area (Å²) in [6, 6.07) is 1.71. The number of aromatic nitrogens is 2. The maximum Gasteiger partial charge on any atom is 0.312 e. The zero-order valence-corrected chi connectivity index (χ0v) is 6.48. The van der Waals surface area contributed by atoms with Gasteiger partial charge in [-0.2, -0.15) is 5.10 Å². The van der Waals surface area contributed by atoms with Gasteiger partial charge in [-0.1, -0.05) is 0 Å². The molecule has 0 saturated carbocycles. The number of carboxylic acid groups (broad SMARTS) is 1. The normalized spacial score (nSPS) is 12.9. The second-order valence-corrected chi connectivity index (χ2v) is 2.47. The van der Waals surface area contributed by atoms with Crippen molar-refractivity contribution < 1.29 is 9.90 Å². The van der Waals surface area contributed by atoms with Crippen molar-refractivity contribution in [1.82, 2.24) is 9.78 Å². The topological polar surface area (TPSA) is 55.1 Å². The summed E-state index contributed by atoms with van der Waals surface area (Å²) in [5.74, 6) is -1.36. The lowest BCUT2D eigenvalue weighted by atomic mass is 10.1. The smallest absolute Gasteiger partial charge is 0.312 e. The third-order valence-corrected chi connectivity index (χ3v) is 1.55. The van der Waals surface area contributed by atoms with E-state index in [1.54, 1.807) is 30.9 Å². The van der Waals surface area contributed by atoms with E-state index in [-0.39, 0.29) is 0 Å². The van der Waals surface area contributed by atoms with Crippen molar-refractivity contribution >= 4 is 5.97 Å². The molecule has 0 saturated heterocycles. The number of aryl methyl sites for hydroxylation is 1. The number of carboxylic acids is 1. The van der Waals surface area contributed by atoms with Crippen molar-refractivity contribution in [2.75, 3.05) is 0 Å². The molecule has 1 rings (SSSR count). The number of rotatable bonds is 2. The summed E-state index contributed by atoms with van der Waals surface area (Å²) >= 11 is 0. The Bertz CT molecular complexity index is 267. The molecule has 1 aromatic heterocycles. The van der Waals surface area contributed by atoms with E-state index < -0.39 is 11.9 Å². The molecule has 0 unspecified atom stereocenters. The Morgan fingerprint density at radius 3 is 2.82 bits per heavy atom. The van der Waals surface area contributed by atoms with Crippen LogP contribution in [0.3, 0.4) is 0 Å². The summed E-state index contributed by atoms with van der Waals surface area (Å²) < 4.78 is 1.59. The molecule has 0 amide bonds. The summed E-state index contributed by atoms with van der Waals surface area (Å²) in [7, 11) is 1.76. The minimum Gasteiger partial charge on any atom is -0.481 e. The van der Waals surface area contributed by atoms with Gasteiger partial charge in [-0.05, 0) is 13.0 Å². The molecular weight excluding hydrogens is 144 g/mol. The molecule has 1 heterocycles. The zero-order valence-electron chi connectivity index (χ0n) is 6.48. The fourth-order valence-corrected chi connectivity index (χ4v) is 0.790.